The standard InChI is InChI=1S/C12H9BrFNO2/c1-2-3-4-15-10-6-9(14)8(13)5-7(10)11(16)12(15)17/h2-3,5-6H,4H2,1H3/b3-2+. The first-order valence-corrected chi connectivity index (χ1v) is 5.82. The fraction of sp³-hybridized carbons (Fsp3) is 0.167. The summed E-state index contributed by atoms with van der Waals surface area (Å²) in [6.07, 6.45) is 3.51. The molecule has 1 aromatic carbocycles. The van der Waals surface area contributed by atoms with E-state index in [0.717, 1.165) is 0 Å². The molecule has 3 nitrogen and oxygen atoms in total. The number of halogens is 2. The Kier molecular flexibility index (Phi) is 3.11. The van der Waals surface area contributed by atoms with Crippen molar-refractivity contribution >= 4 is 33.3 Å². The molecular weight excluding hydrogens is 289 g/mol. The van der Waals surface area contributed by atoms with Crippen LogP contribution in [0.4, 0.5) is 10.1 Å². The van der Waals surface area contributed by atoms with Crippen molar-refractivity contribution in [2.24, 2.45) is 0 Å². The van der Waals surface area contributed by atoms with Gasteiger partial charge in [0.25, 0.3) is 11.7 Å². The lowest BCUT2D eigenvalue weighted by Crippen LogP contribution is -2.29. The van der Waals surface area contributed by atoms with Gasteiger partial charge in [0.1, 0.15) is 5.82 Å². The highest BCUT2D eigenvalue weighted by atomic mass is 79.9. The molecular formula is C12H9BrFNO2. The van der Waals surface area contributed by atoms with Crippen LogP contribution in [0.2, 0.25) is 0 Å². The first-order valence-electron chi connectivity index (χ1n) is 5.02. The van der Waals surface area contributed by atoms with Gasteiger partial charge in [0, 0.05) is 6.54 Å². The van der Waals surface area contributed by atoms with Crippen LogP contribution in [0.5, 0.6) is 0 Å². The molecule has 0 radical (unpaired) electrons. The van der Waals surface area contributed by atoms with Gasteiger partial charge in [0.2, 0.25) is 0 Å². The average molecular weight is 298 g/mol. The van der Waals surface area contributed by atoms with Gasteiger partial charge in [0.05, 0.1) is 15.7 Å². The predicted molar refractivity (Wildman–Crippen MR) is 65.6 cm³/mol. The van der Waals surface area contributed by atoms with Crippen molar-refractivity contribution in [3.05, 3.63) is 40.1 Å². The van der Waals surface area contributed by atoms with Crippen LogP contribution in [-0.4, -0.2) is 18.2 Å². The number of nitrogens with zero attached hydrogens (tertiary/aromatic N) is 1. The summed E-state index contributed by atoms with van der Waals surface area (Å²) in [6.45, 7) is 2.08. The normalized spacial score (nSPS) is 14.9. The summed E-state index contributed by atoms with van der Waals surface area (Å²) < 4.78 is 13.6. The quantitative estimate of drug-likeness (QED) is 0.622. The molecule has 0 bridgehead atoms. The van der Waals surface area contributed by atoms with E-state index in [1.807, 2.05) is 6.92 Å². The molecule has 1 heterocycles. The van der Waals surface area contributed by atoms with E-state index in [2.05, 4.69) is 15.9 Å². The summed E-state index contributed by atoms with van der Waals surface area (Å²) in [5.41, 5.74) is 0.576. The topological polar surface area (TPSA) is 37.4 Å². The van der Waals surface area contributed by atoms with Crippen molar-refractivity contribution in [1.29, 1.82) is 0 Å². The van der Waals surface area contributed by atoms with Crippen LogP contribution in [0.15, 0.2) is 28.8 Å². The Labute approximate surface area is 106 Å². The second-order valence-corrected chi connectivity index (χ2v) is 4.45. The van der Waals surface area contributed by atoms with E-state index in [0.29, 0.717) is 5.69 Å². The van der Waals surface area contributed by atoms with Crippen LogP contribution < -0.4 is 4.90 Å². The van der Waals surface area contributed by atoms with Gasteiger partial charge in [-0.15, -0.1) is 0 Å². The Morgan fingerprint density at radius 3 is 2.76 bits per heavy atom. The summed E-state index contributed by atoms with van der Waals surface area (Å²) in [6, 6.07) is 2.55. The van der Waals surface area contributed by atoms with E-state index >= 15 is 0 Å². The number of ketones is 1. The zero-order valence-electron chi connectivity index (χ0n) is 9.04. The lowest BCUT2D eigenvalue weighted by molar-refractivity contribution is -0.114. The number of fused-ring (bicyclic) bond motifs is 1. The minimum Gasteiger partial charge on any atom is -0.301 e. The third-order valence-corrected chi connectivity index (χ3v) is 3.14. The summed E-state index contributed by atoms with van der Waals surface area (Å²) in [5.74, 6) is -1.70. The Morgan fingerprint density at radius 2 is 2.12 bits per heavy atom. The minimum atomic E-state index is -0.615. The van der Waals surface area contributed by atoms with Crippen molar-refractivity contribution in [1.82, 2.24) is 0 Å². The van der Waals surface area contributed by atoms with Gasteiger partial charge in [-0.3, -0.25) is 9.59 Å². The minimum absolute atomic E-state index is 0.185. The average Bonchev–Trinajstić information content (AvgIpc) is 2.52. The molecule has 0 saturated heterocycles. The summed E-state index contributed by atoms with van der Waals surface area (Å²) in [5, 5.41) is 0. The van der Waals surface area contributed by atoms with Crippen molar-refractivity contribution in [2.45, 2.75) is 6.92 Å². The fourth-order valence-corrected chi connectivity index (χ4v) is 2.02. The molecule has 0 aromatic heterocycles. The van der Waals surface area contributed by atoms with Crippen LogP contribution in [-0.2, 0) is 4.79 Å². The molecule has 5 heteroatoms. The first-order chi connectivity index (χ1) is 8.06. The van der Waals surface area contributed by atoms with Crippen LogP contribution in [0.3, 0.4) is 0 Å². The van der Waals surface area contributed by atoms with Crippen LogP contribution >= 0.6 is 15.9 Å². The zero-order valence-corrected chi connectivity index (χ0v) is 10.6. The molecule has 1 aliphatic heterocycles. The number of rotatable bonds is 2. The van der Waals surface area contributed by atoms with E-state index in [4.69, 9.17) is 0 Å². The Balaban J connectivity index is 2.52. The summed E-state index contributed by atoms with van der Waals surface area (Å²) >= 11 is 3.00. The monoisotopic (exact) mass is 297 g/mol. The van der Waals surface area contributed by atoms with Gasteiger partial charge in [-0.25, -0.2) is 4.39 Å². The smallest absolute Gasteiger partial charge is 0.299 e. The van der Waals surface area contributed by atoms with Crippen molar-refractivity contribution < 1.29 is 14.0 Å². The van der Waals surface area contributed by atoms with Crippen molar-refractivity contribution in [3.8, 4) is 0 Å². The van der Waals surface area contributed by atoms with Gasteiger partial charge in [-0.1, -0.05) is 12.2 Å². The van der Waals surface area contributed by atoms with E-state index in [1.54, 1.807) is 12.2 Å². The molecule has 0 aliphatic carbocycles. The summed E-state index contributed by atoms with van der Waals surface area (Å²) in [4.78, 5) is 24.6. The maximum Gasteiger partial charge on any atom is 0.299 e. The second kappa shape index (κ2) is 4.41. The number of amides is 1. The van der Waals surface area contributed by atoms with E-state index < -0.39 is 17.5 Å². The highest BCUT2D eigenvalue weighted by molar-refractivity contribution is 9.10. The van der Waals surface area contributed by atoms with Crippen molar-refractivity contribution in [2.75, 3.05) is 11.4 Å². The third kappa shape index (κ3) is 1.91. The first kappa shape index (κ1) is 12.0. The molecule has 2 rings (SSSR count). The van der Waals surface area contributed by atoms with E-state index in [-0.39, 0.29) is 16.6 Å². The Bertz CT molecular complexity index is 540. The second-order valence-electron chi connectivity index (χ2n) is 3.60. The van der Waals surface area contributed by atoms with Gasteiger partial charge in [-0.05, 0) is 35.0 Å². The summed E-state index contributed by atoms with van der Waals surface area (Å²) in [7, 11) is 0. The van der Waals surface area contributed by atoms with Gasteiger partial charge < -0.3 is 4.90 Å². The molecule has 0 fully saturated rings. The number of anilines is 1. The number of hydrogen-bond acceptors (Lipinski definition) is 2. The fourth-order valence-electron chi connectivity index (χ4n) is 1.68. The molecule has 1 aromatic rings. The molecule has 0 saturated carbocycles. The molecule has 0 unspecified atom stereocenters. The van der Waals surface area contributed by atoms with E-state index in [1.165, 1.54) is 17.0 Å². The number of carbonyl (C=O) groups is 2. The molecule has 0 atom stereocenters. The maximum absolute atomic E-state index is 13.4. The number of Topliss-reactive ketones (excluding diaryl/α,β-unsaturated/α-hetero) is 1. The van der Waals surface area contributed by atoms with Gasteiger partial charge in [-0.2, -0.15) is 0 Å². The molecule has 17 heavy (non-hydrogen) atoms. The lowest BCUT2D eigenvalue weighted by Gasteiger charge is -2.13. The molecule has 1 amide bonds. The van der Waals surface area contributed by atoms with Crippen molar-refractivity contribution in [3.63, 3.8) is 0 Å². The lowest BCUT2D eigenvalue weighted by atomic mass is 10.1. The van der Waals surface area contributed by atoms with Gasteiger partial charge >= 0.3 is 0 Å². The van der Waals surface area contributed by atoms with Crippen LogP contribution in [0.1, 0.15) is 17.3 Å². The SMILES string of the molecule is C/C=C/CN1C(=O)C(=O)c2cc(Br)c(F)cc21. The Hall–Kier alpha value is -1.49. The number of allylic oxidation sites excluding steroid dienone is 1. The van der Waals surface area contributed by atoms with Crippen LogP contribution in [0, 0.1) is 5.82 Å². The molecule has 1 aliphatic rings. The molecule has 0 N–H and O–H groups in total. The molecule has 88 valence electrons. The highest BCUT2D eigenvalue weighted by Gasteiger charge is 2.35. The molecule has 0 spiro atoms. The highest BCUT2D eigenvalue weighted by Crippen LogP contribution is 2.33. The third-order valence-electron chi connectivity index (χ3n) is 2.54. The number of benzene rings is 1. The number of carbonyl (C=O) groups excluding carboxylic acids is 2. The van der Waals surface area contributed by atoms with Crippen LogP contribution in [0.25, 0.3) is 0 Å². The predicted octanol–water partition coefficient (Wildman–Crippen LogP) is 2.69. The largest absolute Gasteiger partial charge is 0.301 e. The number of hydrogen-bond donors (Lipinski definition) is 0. The zero-order chi connectivity index (χ0) is 12.6. The maximum atomic E-state index is 13.4. The Morgan fingerprint density at radius 1 is 1.41 bits per heavy atom. The van der Waals surface area contributed by atoms with Gasteiger partial charge in [0.15, 0.2) is 0 Å². The van der Waals surface area contributed by atoms with E-state index in [9.17, 15) is 14.0 Å².